The first-order valence-electron chi connectivity index (χ1n) is 4.12. The number of hydrogen-bond donors (Lipinski definition) is 2. The largest absolute Gasteiger partial charge is 0.351 e. The summed E-state index contributed by atoms with van der Waals surface area (Å²) in [5.41, 5.74) is -0.910. The van der Waals surface area contributed by atoms with E-state index in [2.05, 4.69) is 9.97 Å². The molecule has 15 heavy (non-hydrogen) atoms. The van der Waals surface area contributed by atoms with Crippen molar-refractivity contribution in [3.63, 3.8) is 0 Å². The van der Waals surface area contributed by atoms with Crippen LogP contribution in [0.1, 0.15) is 0 Å². The lowest BCUT2D eigenvalue weighted by Gasteiger charge is -1.98. The molecule has 0 atom stereocenters. The van der Waals surface area contributed by atoms with Crippen molar-refractivity contribution in [3.8, 4) is 11.4 Å². The Morgan fingerprint density at radius 1 is 1.07 bits per heavy atom. The summed E-state index contributed by atoms with van der Waals surface area (Å²) >= 11 is 0. The molecule has 6 heteroatoms. The minimum absolute atomic E-state index is 0.115. The lowest BCUT2D eigenvalue weighted by atomic mass is 10.2. The van der Waals surface area contributed by atoms with Crippen LogP contribution in [0.15, 0.2) is 33.9 Å². The van der Waals surface area contributed by atoms with E-state index in [1.165, 1.54) is 24.3 Å². The summed E-state index contributed by atoms with van der Waals surface area (Å²) in [5, 5.41) is 0. The van der Waals surface area contributed by atoms with Gasteiger partial charge >= 0.3 is 11.4 Å². The molecule has 0 saturated carbocycles. The van der Waals surface area contributed by atoms with Crippen molar-refractivity contribution in [2.75, 3.05) is 0 Å². The second-order valence-electron chi connectivity index (χ2n) is 2.85. The monoisotopic (exact) mass is 207 g/mol. The molecule has 2 N–H and O–H groups in total. The zero-order chi connectivity index (χ0) is 10.8. The third-order valence-corrected chi connectivity index (χ3v) is 1.78. The fourth-order valence-corrected chi connectivity index (χ4v) is 1.14. The second-order valence-corrected chi connectivity index (χ2v) is 2.85. The van der Waals surface area contributed by atoms with Crippen molar-refractivity contribution in [2.45, 2.75) is 0 Å². The molecule has 1 aromatic heterocycles. The van der Waals surface area contributed by atoms with Crippen molar-refractivity contribution < 1.29 is 4.39 Å². The normalized spacial score (nSPS) is 10.2. The summed E-state index contributed by atoms with van der Waals surface area (Å²) in [7, 11) is 0. The molecule has 0 bridgehead atoms. The number of nitrogens with one attached hydrogen (secondary N) is 2. The van der Waals surface area contributed by atoms with E-state index < -0.39 is 17.2 Å². The third-order valence-electron chi connectivity index (χ3n) is 1.78. The number of benzene rings is 1. The van der Waals surface area contributed by atoms with Gasteiger partial charge in [-0.1, -0.05) is 0 Å². The van der Waals surface area contributed by atoms with Crippen LogP contribution in [0.4, 0.5) is 4.39 Å². The molecule has 0 unspecified atom stereocenters. The number of halogens is 1. The third kappa shape index (κ3) is 1.98. The zero-order valence-electron chi connectivity index (χ0n) is 7.45. The first-order valence-corrected chi connectivity index (χ1v) is 4.12. The van der Waals surface area contributed by atoms with Gasteiger partial charge in [0.2, 0.25) is 0 Å². The molecule has 1 aromatic carbocycles. The molecule has 0 radical (unpaired) electrons. The predicted molar refractivity (Wildman–Crippen MR) is 50.9 cm³/mol. The van der Waals surface area contributed by atoms with Gasteiger partial charge in [-0.2, -0.15) is 4.98 Å². The number of nitrogens with zero attached hydrogens (tertiary/aromatic N) is 1. The van der Waals surface area contributed by atoms with E-state index in [4.69, 9.17) is 0 Å². The molecule has 1 heterocycles. The van der Waals surface area contributed by atoms with Gasteiger partial charge in [-0.15, -0.1) is 0 Å². The highest BCUT2D eigenvalue weighted by atomic mass is 19.1. The Morgan fingerprint density at radius 3 is 2.33 bits per heavy atom. The summed E-state index contributed by atoms with van der Waals surface area (Å²) in [6.45, 7) is 0. The van der Waals surface area contributed by atoms with E-state index >= 15 is 0 Å². The lowest BCUT2D eigenvalue weighted by molar-refractivity contribution is 0.628. The predicted octanol–water partition coefficient (Wildman–Crippen LogP) is 0.264. The first-order chi connectivity index (χ1) is 7.15. The van der Waals surface area contributed by atoms with Gasteiger partial charge in [0.1, 0.15) is 11.6 Å². The molecular formula is C9H6FN3O2. The molecule has 0 amide bonds. The molecule has 0 aliphatic rings. The number of H-pyrrole nitrogens is 2. The maximum absolute atomic E-state index is 12.6. The van der Waals surface area contributed by atoms with Gasteiger partial charge in [-0.25, -0.2) is 14.0 Å². The van der Waals surface area contributed by atoms with Gasteiger partial charge in [0, 0.05) is 5.56 Å². The second kappa shape index (κ2) is 3.49. The minimum Gasteiger partial charge on any atom is -0.291 e. The van der Waals surface area contributed by atoms with Crippen LogP contribution in [0, 0.1) is 5.82 Å². The summed E-state index contributed by atoms with van der Waals surface area (Å²) in [4.78, 5) is 29.6. The average Bonchev–Trinajstić information content (AvgIpc) is 2.17. The molecule has 2 aromatic rings. The standard InChI is InChI=1S/C9H6FN3O2/c10-6-3-1-5(2-4-6)7-11-8(14)13-9(15)12-7/h1-4H,(H2,11,12,13,14,15). The number of rotatable bonds is 1. The highest BCUT2D eigenvalue weighted by Gasteiger charge is 2.01. The number of hydrogen-bond acceptors (Lipinski definition) is 3. The fraction of sp³-hybridized carbons (Fsp3) is 0. The van der Waals surface area contributed by atoms with Crippen LogP contribution in [0.2, 0.25) is 0 Å². The van der Waals surface area contributed by atoms with Crippen molar-refractivity contribution in [3.05, 3.63) is 51.1 Å². The Labute approximate surface area is 82.6 Å². The van der Waals surface area contributed by atoms with Crippen LogP contribution in [-0.4, -0.2) is 15.0 Å². The van der Waals surface area contributed by atoms with Gasteiger partial charge in [-0.05, 0) is 24.3 Å². The highest BCUT2D eigenvalue weighted by Crippen LogP contribution is 2.11. The highest BCUT2D eigenvalue weighted by molar-refractivity contribution is 5.53. The average molecular weight is 207 g/mol. The quantitative estimate of drug-likeness (QED) is 0.704. The van der Waals surface area contributed by atoms with Crippen LogP contribution in [0.3, 0.4) is 0 Å². The zero-order valence-corrected chi connectivity index (χ0v) is 7.45. The molecule has 0 fully saturated rings. The van der Waals surface area contributed by atoms with Crippen molar-refractivity contribution in [2.24, 2.45) is 0 Å². The molecular weight excluding hydrogens is 201 g/mol. The van der Waals surface area contributed by atoms with Gasteiger partial charge in [0.25, 0.3) is 0 Å². The minimum atomic E-state index is -0.738. The van der Waals surface area contributed by atoms with E-state index in [1.807, 2.05) is 4.98 Å². The van der Waals surface area contributed by atoms with Crippen LogP contribution in [0.5, 0.6) is 0 Å². The van der Waals surface area contributed by atoms with E-state index in [1.54, 1.807) is 0 Å². The topological polar surface area (TPSA) is 78.6 Å². The molecule has 0 aliphatic heterocycles. The Balaban J connectivity index is 2.59. The molecule has 76 valence electrons. The molecule has 0 saturated heterocycles. The van der Waals surface area contributed by atoms with Gasteiger partial charge in [0.15, 0.2) is 0 Å². The van der Waals surface area contributed by atoms with Crippen molar-refractivity contribution in [1.82, 2.24) is 15.0 Å². The Kier molecular flexibility index (Phi) is 2.17. The maximum atomic E-state index is 12.6. The molecule has 0 aliphatic carbocycles. The van der Waals surface area contributed by atoms with E-state index in [0.717, 1.165) is 0 Å². The molecule has 0 spiro atoms. The Morgan fingerprint density at radius 2 is 1.73 bits per heavy atom. The van der Waals surface area contributed by atoms with Crippen molar-refractivity contribution in [1.29, 1.82) is 0 Å². The van der Waals surface area contributed by atoms with Crippen LogP contribution >= 0.6 is 0 Å². The maximum Gasteiger partial charge on any atom is 0.351 e. The summed E-state index contributed by atoms with van der Waals surface area (Å²) < 4.78 is 12.6. The Bertz CT molecular complexity index is 557. The van der Waals surface area contributed by atoms with E-state index in [-0.39, 0.29) is 5.82 Å². The van der Waals surface area contributed by atoms with Crippen molar-refractivity contribution >= 4 is 0 Å². The van der Waals surface area contributed by atoms with Crippen LogP contribution in [0.25, 0.3) is 11.4 Å². The van der Waals surface area contributed by atoms with E-state index in [9.17, 15) is 14.0 Å². The fourth-order valence-electron chi connectivity index (χ4n) is 1.14. The summed E-state index contributed by atoms with van der Waals surface area (Å²) in [6, 6.07) is 5.28. The van der Waals surface area contributed by atoms with Crippen LogP contribution in [-0.2, 0) is 0 Å². The summed E-state index contributed by atoms with van der Waals surface area (Å²) in [5.74, 6) is -0.283. The summed E-state index contributed by atoms with van der Waals surface area (Å²) in [6.07, 6.45) is 0. The number of aromatic amines is 2. The Hall–Kier alpha value is -2.24. The molecule has 5 nitrogen and oxygen atoms in total. The molecule has 2 rings (SSSR count). The van der Waals surface area contributed by atoms with Gasteiger partial charge in [-0.3, -0.25) is 9.97 Å². The first kappa shape index (κ1) is 9.32. The SMILES string of the molecule is O=c1nc(-c2ccc(F)cc2)[nH]c(=O)[nH]1. The van der Waals surface area contributed by atoms with E-state index in [0.29, 0.717) is 5.56 Å². The van der Waals surface area contributed by atoms with Gasteiger partial charge < -0.3 is 0 Å². The van der Waals surface area contributed by atoms with Crippen LogP contribution < -0.4 is 11.4 Å². The number of aromatic nitrogens is 3. The lowest BCUT2D eigenvalue weighted by Crippen LogP contribution is -2.25. The smallest absolute Gasteiger partial charge is 0.291 e. The van der Waals surface area contributed by atoms with Gasteiger partial charge in [0.05, 0.1) is 0 Å².